The van der Waals surface area contributed by atoms with Crippen LogP contribution in [0.25, 0.3) is 0 Å². The molecule has 0 heterocycles. The molecule has 0 unspecified atom stereocenters. The van der Waals surface area contributed by atoms with Gasteiger partial charge in [0.15, 0.2) is 0 Å². The number of rotatable bonds is 3. The third-order valence-corrected chi connectivity index (χ3v) is 2.34. The molecule has 0 aliphatic rings. The van der Waals surface area contributed by atoms with Gasteiger partial charge in [-0.15, -0.1) is 0 Å². The lowest BCUT2D eigenvalue weighted by Crippen LogP contribution is -1.93. The lowest BCUT2D eigenvalue weighted by Gasteiger charge is -2.06. The molecule has 94 valence electrons. The van der Waals surface area contributed by atoms with E-state index < -0.39 is 4.92 Å². The summed E-state index contributed by atoms with van der Waals surface area (Å²) in [7, 11) is 0. The molecule has 0 aliphatic heterocycles. The topological polar surface area (TPSA) is 102 Å². The number of nitrogen functional groups attached to an aromatic ring is 1. The average molecular weight is 255 g/mol. The Labute approximate surface area is 108 Å². The minimum atomic E-state index is -0.540. The molecule has 6 nitrogen and oxygen atoms in total. The van der Waals surface area contributed by atoms with Crippen LogP contribution in [0.3, 0.4) is 0 Å². The number of ether oxygens (including phenoxy) is 1. The fourth-order valence-electron chi connectivity index (χ4n) is 1.50. The second kappa shape index (κ2) is 5.06. The highest BCUT2D eigenvalue weighted by Gasteiger charge is 2.09. The van der Waals surface area contributed by atoms with E-state index in [9.17, 15) is 10.1 Å². The summed E-state index contributed by atoms with van der Waals surface area (Å²) >= 11 is 0. The van der Waals surface area contributed by atoms with E-state index in [0.29, 0.717) is 11.3 Å². The monoisotopic (exact) mass is 255 g/mol. The SMILES string of the molecule is N#Cc1ccc(Oc2cc(N)cc([N+](=O)[O-])c2)cc1. The Morgan fingerprint density at radius 3 is 2.42 bits per heavy atom. The molecular formula is C13H9N3O3. The maximum Gasteiger partial charge on any atom is 0.275 e. The number of nitrogens with zero attached hydrogens (tertiary/aromatic N) is 2. The zero-order chi connectivity index (χ0) is 13.8. The highest BCUT2D eigenvalue weighted by Crippen LogP contribution is 2.28. The minimum Gasteiger partial charge on any atom is -0.457 e. The zero-order valence-electron chi connectivity index (χ0n) is 9.74. The summed E-state index contributed by atoms with van der Waals surface area (Å²) in [4.78, 5) is 10.2. The summed E-state index contributed by atoms with van der Waals surface area (Å²) in [6.45, 7) is 0. The van der Waals surface area contributed by atoms with Gasteiger partial charge in [-0.05, 0) is 24.3 Å². The molecule has 19 heavy (non-hydrogen) atoms. The van der Waals surface area contributed by atoms with Gasteiger partial charge in [-0.1, -0.05) is 0 Å². The lowest BCUT2D eigenvalue weighted by molar-refractivity contribution is -0.384. The fraction of sp³-hybridized carbons (Fsp3) is 0. The number of nitro groups is 1. The van der Waals surface area contributed by atoms with Crippen molar-refractivity contribution in [1.29, 1.82) is 5.26 Å². The molecule has 0 saturated heterocycles. The normalized spacial score (nSPS) is 9.63. The van der Waals surface area contributed by atoms with E-state index in [2.05, 4.69) is 0 Å². The molecule has 0 saturated carbocycles. The van der Waals surface area contributed by atoms with Gasteiger partial charge in [0.2, 0.25) is 0 Å². The second-order valence-corrected chi connectivity index (χ2v) is 3.76. The van der Waals surface area contributed by atoms with Crippen LogP contribution in [0.15, 0.2) is 42.5 Å². The predicted molar refractivity (Wildman–Crippen MR) is 68.7 cm³/mol. The van der Waals surface area contributed by atoms with Crippen LogP contribution in [0, 0.1) is 21.4 Å². The highest BCUT2D eigenvalue weighted by molar-refractivity contribution is 5.54. The highest BCUT2D eigenvalue weighted by atomic mass is 16.6. The number of non-ortho nitro benzene ring substituents is 1. The maximum absolute atomic E-state index is 10.7. The number of nitriles is 1. The van der Waals surface area contributed by atoms with Crippen molar-refractivity contribution < 1.29 is 9.66 Å². The first-order valence-corrected chi connectivity index (χ1v) is 5.31. The first kappa shape index (κ1) is 12.4. The Balaban J connectivity index is 2.27. The van der Waals surface area contributed by atoms with Gasteiger partial charge < -0.3 is 10.5 Å². The predicted octanol–water partition coefficient (Wildman–Crippen LogP) is 2.84. The van der Waals surface area contributed by atoms with Crippen LogP contribution < -0.4 is 10.5 Å². The number of benzene rings is 2. The molecule has 0 aliphatic carbocycles. The maximum atomic E-state index is 10.7. The molecule has 6 heteroatoms. The van der Waals surface area contributed by atoms with Crippen LogP contribution in [0.1, 0.15) is 5.56 Å². The Kier molecular flexibility index (Phi) is 3.30. The van der Waals surface area contributed by atoms with Crippen molar-refractivity contribution in [3.05, 3.63) is 58.1 Å². The van der Waals surface area contributed by atoms with Crippen molar-refractivity contribution in [2.24, 2.45) is 0 Å². The van der Waals surface area contributed by atoms with Crippen molar-refractivity contribution in [1.82, 2.24) is 0 Å². The Morgan fingerprint density at radius 1 is 1.16 bits per heavy atom. The molecule has 0 spiro atoms. The number of anilines is 1. The summed E-state index contributed by atoms with van der Waals surface area (Å²) in [5.41, 5.74) is 6.19. The molecule has 0 bridgehead atoms. The van der Waals surface area contributed by atoms with E-state index >= 15 is 0 Å². The van der Waals surface area contributed by atoms with E-state index in [0.717, 1.165) is 0 Å². The van der Waals surface area contributed by atoms with Gasteiger partial charge in [0.1, 0.15) is 11.5 Å². The van der Waals surface area contributed by atoms with E-state index in [-0.39, 0.29) is 17.1 Å². The smallest absolute Gasteiger partial charge is 0.275 e. The molecule has 0 radical (unpaired) electrons. The minimum absolute atomic E-state index is 0.136. The Bertz CT molecular complexity index is 660. The molecule has 0 amide bonds. The molecule has 2 aromatic rings. The Morgan fingerprint density at radius 2 is 1.84 bits per heavy atom. The van der Waals surface area contributed by atoms with E-state index in [1.54, 1.807) is 24.3 Å². The van der Waals surface area contributed by atoms with Crippen LogP contribution in [-0.4, -0.2) is 4.92 Å². The molecule has 2 aromatic carbocycles. The number of nitro benzene ring substituents is 1. The van der Waals surface area contributed by atoms with Gasteiger partial charge in [-0.25, -0.2) is 0 Å². The molecule has 0 atom stereocenters. The molecule has 0 aromatic heterocycles. The molecule has 2 rings (SSSR count). The largest absolute Gasteiger partial charge is 0.457 e. The standard InChI is InChI=1S/C13H9N3O3/c14-8-9-1-3-12(4-2-9)19-13-6-10(15)5-11(7-13)16(17)18/h1-7H,15H2. The zero-order valence-corrected chi connectivity index (χ0v) is 9.74. The van der Waals surface area contributed by atoms with Crippen molar-refractivity contribution in [3.63, 3.8) is 0 Å². The average Bonchev–Trinajstić information content (AvgIpc) is 2.39. The Hall–Kier alpha value is -3.07. The second-order valence-electron chi connectivity index (χ2n) is 3.76. The van der Waals surface area contributed by atoms with E-state index in [1.807, 2.05) is 6.07 Å². The van der Waals surface area contributed by atoms with Gasteiger partial charge in [0.05, 0.1) is 22.6 Å². The molecular weight excluding hydrogens is 246 g/mol. The summed E-state index contributed by atoms with van der Waals surface area (Å²) in [6.07, 6.45) is 0. The quantitative estimate of drug-likeness (QED) is 0.516. The fourth-order valence-corrected chi connectivity index (χ4v) is 1.50. The number of hydrogen-bond acceptors (Lipinski definition) is 5. The lowest BCUT2D eigenvalue weighted by atomic mass is 10.2. The van der Waals surface area contributed by atoms with Gasteiger partial charge in [-0.2, -0.15) is 5.26 Å². The third-order valence-electron chi connectivity index (χ3n) is 2.34. The van der Waals surface area contributed by atoms with E-state index in [4.69, 9.17) is 15.7 Å². The van der Waals surface area contributed by atoms with Gasteiger partial charge >= 0.3 is 0 Å². The summed E-state index contributed by atoms with van der Waals surface area (Å²) in [5, 5.41) is 19.4. The summed E-state index contributed by atoms with van der Waals surface area (Å²) in [6, 6.07) is 12.4. The summed E-state index contributed by atoms with van der Waals surface area (Å²) in [5.74, 6) is 0.746. The van der Waals surface area contributed by atoms with Gasteiger partial charge in [0, 0.05) is 17.8 Å². The van der Waals surface area contributed by atoms with Gasteiger partial charge in [-0.3, -0.25) is 10.1 Å². The number of hydrogen-bond donors (Lipinski definition) is 1. The van der Waals surface area contributed by atoms with Crippen molar-refractivity contribution in [2.45, 2.75) is 0 Å². The van der Waals surface area contributed by atoms with Crippen molar-refractivity contribution in [3.8, 4) is 17.6 Å². The van der Waals surface area contributed by atoms with Crippen LogP contribution in [0.4, 0.5) is 11.4 Å². The van der Waals surface area contributed by atoms with Crippen LogP contribution in [0.2, 0.25) is 0 Å². The van der Waals surface area contributed by atoms with Crippen LogP contribution in [-0.2, 0) is 0 Å². The van der Waals surface area contributed by atoms with E-state index in [1.165, 1.54) is 18.2 Å². The number of nitrogens with two attached hydrogens (primary N) is 1. The third kappa shape index (κ3) is 2.98. The van der Waals surface area contributed by atoms with Crippen LogP contribution in [0.5, 0.6) is 11.5 Å². The molecule has 2 N–H and O–H groups in total. The first-order valence-electron chi connectivity index (χ1n) is 5.31. The first-order chi connectivity index (χ1) is 9.08. The van der Waals surface area contributed by atoms with Crippen molar-refractivity contribution >= 4 is 11.4 Å². The summed E-state index contributed by atoms with van der Waals surface area (Å²) < 4.78 is 5.46. The molecule has 0 fully saturated rings. The van der Waals surface area contributed by atoms with Crippen molar-refractivity contribution in [2.75, 3.05) is 5.73 Å². The van der Waals surface area contributed by atoms with Gasteiger partial charge in [0.25, 0.3) is 5.69 Å². The van der Waals surface area contributed by atoms with Crippen LogP contribution >= 0.6 is 0 Å².